The Kier molecular flexibility index (Phi) is 72.2. The highest BCUT2D eigenvalue weighted by Crippen LogP contribution is 2.45. The molecule has 0 saturated carbocycles. The average Bonchev–Trinajstić information content (AvgIpc) is 0.955. The molecular formula is C82H160O17P2. The number of rotatable bonds is 81. The van der Waals surface area contributed by atoms with Crippen LogP contribution in [0.2, 0.25) is 0 Å². The van der Waals surface area contributed by atoms with Crippen LogP contribution in [-0.2, 0) is 65.4 Å². The summed E-state index contributed by atoms with van der Waals surface area (Å²) in [6, 6.07) is 0. The lowest BCUT2D eigenvalue weighted by Crippen LogP contribution is -2.30. The Morgan fingerprint density at radius 3 is 0.752 bits per heavy atom. The van der Waals surface area contributed by atoms with Crippen molar-refractivity contribution in [2.45, 2.75) is 452 Å². The summed E-state index contributed by atoms with van der Waals surface area (Å²) in [5, 5.41) is 10.6. The van der Waals surface area contributed by atoms with Crippen molar-refractivity contribution in [1.29, 1.82) is 0 Å². The van der Waals surface area contributed by atoms with Crippen LogP contribution >= 0.6 is 15.6 Å². The highest BCUT2D eigenvalue weighted by atomic mass is 31.2. The summed E-state index contributed by atoms with van der Waals surface area (Å²) in [6.07, 6.45) is 63.9. The molecule has 0 fully saturated rings. The molecule has 0 aliphatic carbocycles. The van der Waals surface area contributed by atoms with Gasteiger partial charge in [-0.15, -0.1) is 0 Å². The standard InChI is InChI=1S/C82H160O17P2/c1-7-10-12-14-16-18-20-22-24-26-27-29-31-33-38-42-46-54-60-66-81(86)98-77(70-92-79(84)64-58-52-45-41-37-32-30-28-25-23-21-19-17-15-13-11-8-2)72-96-100(88,89)94-68-76(83)69-95-101(90,91)97-73-78(71-93-80(85)65-59-53-49-48-51-57-63-75(6)9-3)99-82(87)67-61-55-47-43-39-35-34-36-40-44-50-56-62-74(4)5/h74-78,83H,7-73H2,1-6H3,(H,88,89)(H,90,91)/t75?,76-,77-,78-/m1/s1. The zero-order chi connectivity index (χ0) is 74.2. The van der Waals surface area contributed by atoms with Gasteiger partial charge in [-0.2, -0.15) is 0 Å². The number of phosphoric ester groups is 2. The Balaban J connectivity index is 5.24. The van der Waals surface area contributed by atoms with Crippen LogP contribution in [-0.4, -0.2) is 96.7 Å². The number of esters is 4. The Labute approximate surface area is 619 Å². The van der Waals surface area contributed by atoms with Crippen LogP contribution in [0, 0.1) is 11.8 Å². The quantitative estimate of drug-likeness (QED) is 0.0222. The van der Waals surface area contributed by atoms with E-state index in [0.717, 1.165) is 108 Å². The molecule has 3 unspecified atom stereocenters. The summed E-state index contributed by atoms with van der Waals surface area (Å²) in [6.45, 7) is 9.61. The third kappa shape index (κ3) is 74.7. The second-order valence-electron chi connectivity index (χ2n) is 30.2. The zero-order valence-corrected chi connectivity index (χ0v) is 68.0. The molecular weight excluding hydrogens is 1320 g/mol. The largest absolute Gasteiger partial charge is 0.472 e. The Morgan fingerprint density at radius 1 is 0.287 bits per heavy atom. The molecule has 101 heavy (non-hydrogen) atoms. The molecule has 0 radical (unpaired) electrons. The number of hydrogen-bond donors (Lipinski definition) is 3. The van der Waals surface area contributed by atoms with E-state index in [1.807, 2.05) is 0 Å². The Morgan fingerprint density at radius 2 is 0.505 bits per heavy atom. The first-order valence-electron chi connectivity index (χ1n) is 42.5. The zero-order valence-electron chi connectivity index (χ0n) is 66.2. The lowest BCUT2D eigenvalue weighted by Gasteiger charge is -2.21. The van der Waals surface area contributed by atoms with Gasteiger partial charge < -0.3 is 33.8 Å². The van der Waals surface area contributed by atoms with Crippen molar-refractivity contribution < 1.29 is 80.2 Å². The van der Waals surface area contributed by atoms with Gasteiger partial charge in [-0.05, 0) is 37.5 Å². The van der Waals surface area contributed by atoms with Gasteiger partial charge in [0.1, 0.15) is 19.3 Å². The van der Waals surface area contributed by atoms with Gasteiger partial charge in [0.15, 0.2) is 12.2 Å². The molecule has 0 aromatic heterocycles. The van der Waals surface area contributed by atoms with Crippen LogP contribution in [0.3, 0.4) is 0 Å². The van der Waals surface area contributed by atoms with Gasteiger partial charge in [0.05, 0.1) is 26.4 Å². The van der Waals surface area contributed by atoms with Crippen molar-refractivity contribution in [3.63, 3.8) is 0 Å². The first-order valence-corrected chi connectivity index (χ1v) is 45.5. The van der Waals surface area contributed by atoms with Crippen molar-refractivity contribution >= 4 is 39.5 Å². The minimum Gasteiger partial charge on any atom is -0.462 e. The molecule has 0 rings (SSSR count). The normalized spacial score (nSPS) is 14.2. The lowest BCUT2D eigenvalue weighted by atomic mass is 10.00. The number of carbonyl (C=O) groups is 4. The number of carbonyl (C=O) groups excluding carboxylic acids is 4. The number of phosphoric acid groups is 2. The summed E-state index contributed by atoms with van der Waals surface area (Å²) in [5.74, 6) is -0.601. The smallest absolute Gasteiger partial charge is 0.462 e. The number of hydrogen-bond acceptors (Lipinski definition) is 15. The molecule has 6 atom stereocenters. The van der Waals surface area contributed by atoms with E-state index in [4.69, 9.17) is 37.0 Å². The van der Waals surface area contributed by atoms with E-state index in [1.165, 1.54) is 244 Å². The molecule has 19 heteroatoms. The molecule has 0 bridgehead atoms. The average molecular weight is 1480 g/mol. The van der Waals surface area contributed by atoms with Crippen LogP contribution in [0.15, 0.2) is 0 Å². The molecule has 0 aromatic rings. The maximum absolute atomic E-state index is 13.1. The number of aliphatic hydroxyl groups excluding tert-OH is 1. The summed E-state index contributed by atoms with van der Waals surface area (Å²) < 4.78 is 68.8. The third-order valence-corrected chi connectivity index (χ3v) is 21.5. The molecule has 600 valence electrons. The minimum absolute atomic E-state index is 0.106. The summed E-state index contributed by atoms with van der Waals surface area (Å²) in [4.78, 5) is 73.1. The van der Waals surface area contributed by atoms with Gasteiger partial charge in [-0.25, -0.2) is 9.13 Å². The maximum Gasteiger partial charge on any atom is 0.472 e. The predicted molar refractivity (Wildman–Crippen MR) is 414 cm³/mol. The van der Waals surface area contributed by atoms with Crippen molar-refractivity contribution in [1.82, 2.24) is 0 Å². The molecule has 0 aromatic carbocycles. The highest BCUT2D eigenvalue weighted by molar-refractivity contribution is 7.47. The van der Waals surface area contributed by atoms with Crippen molar-refractivity contribution in [3.8, 4) is 0 Å². The lowest BCUT2D eigenvalue weighted by molar-refractivity contribution is -0.161. The van der Waals surface area contributed by atoms with Crippen molar-refractivity contribution in [2.24, 2.45) is 11.8 Å². The topological polar surface area (TPSA) is 237 Å². The molecule has 0 heterocycles. The van der Waals surface area contributed by atoms with E-state index in [9.17, 15) is 43.2 Å². The molecule has 0 amide bonds. The fraction of sp³-hybridized carbons (Fsp3) is 0.951. The first-order chi connectivity index (χ1) is 48.9. The van der Waals surface area contributed by atoms with Gasteiger partial charge in [-0.1, -0.05) is 382 Å². The second kappa shape index (κ2) is 73.6. The van der Waals surface area contributed by atoms with Crippen LogP contribution in [0.25, 0.3) is 0 Å². The first kappa shape index (κ1) is 99.1. The fourth-order valence-electron chi connectivity index (χ4n) is 12.7. The fourth-order valence-corrected chi connectivity index (χ4v) is 14.3. The highest BCUT2D eigenvalue weighted by Gasteiger charge is 2.30. The van der Waals surface area contributed by atoms with Crippen LogP contribution in [0.5, 0.6) is 0 Å². The SMILES string of the molecule is CCCCCCCCCCCCCCCCCCCCCC(=O)O[C@H](COC(=O)CCCCCCCCCCCCCCCCCCC)COP(=O)(O)OC[C@@H](O)COP(=O)(O)OC[C@@H](COC(=O)CCCCCCCCC(C)CC)OC(=O)CCCCCCCCCCCCCCC(C)C. The van der Waals surface area contributed by atoms with Gasteiger partial charge in [0.25, 0.3) is 0 Å². The molecule has 0 aliphatic rings. The van der Waals surface area contributed by atoms with E-state index in [2.05, 4.69) is 41.5 Å². The van der Waals surface area contributed by atoms with E-state index < -0.39 is 97.5 Å². The van der Waals surface area contributed by atoms with Crippen LogP contribution in [0.4, 0.5) is 0 Å². The van der Waals surface area contributed by atoms with E-state index in [-0.39, 0.29) is 25.7 Å². The van der Waals surface area contributed by atoms with Gasteiger partial charge in [-0.3, -0.25) is 37.3 Å². The van der Waals surface area contributed by atoms with Crippen LogP contribution in [0.1, 0.15) is 433 Å². The number of ether oxygens (including phenoxy) is 4. The monoisotopic (exact) mass is 1480 g/mol. The van der Waals surface area contributed by atoms with E-state index >= 15 is 0 Å². The van der Waals surface area contributed by atoms with Gasteiger partial charge in [0, 0.05) is 25.7 Å². The van der Waals surface area contributed by atoms with Crippen LogP contribution < -0.4 is 0 Å². The number of aliphatic hydroxyl groups is 1. The molecule has 0 saturated heterocycles. The maximum atomic E-state index is 13.1. The molecule has 0 aliphatic heterocycles. The van der Waals surface area contributed by atoms with E-state index in [0.29, 0.717) is 25.7 Å². The van der Waals surface area contributed by atoms with Crippen molar-refractivity contribution in [3.05, 3.63) is 0 Å². The summed E-state index contributed by atoms with van der Waals surface area (Å²) in [5.41, 5.74) is 0. The second-order valence-corrected chi connectivity index (χ2v) is 33.1. The summed E-state index contributed by atoms with van der Waals surface area (Å²) >= 11 is 0. The van der Waals surface area contributed by atoms with Gasteiger partial charge in [0.2, 0.25) is 0 Å². The molecule has 0 spiro atoms. The minimum atomic E-state index is -4.96. The number of unbranched alkanes of at least 4 members (excludes halogenated alkanes) is 50. The molecule has 3 N–H and O–H groups in total. The Hall–Kier alpha value is -1.94. The van der Waals surface area contributed by atoms with E-state index in [1.54, 1.807) is 0 Å². The third-order valence-electron chi connectivity index (χ3n) is 19.6. The van der Waals surface area contributed by atoms with Gasteiger partial charge >= 0.3 is 39.5 Å². The van der Waals surface area contributed by atoms with Crippen molar-refractivity contribution in [2.75, 3.05) is 39.6 Å². The summed E-state index contributed by atoms with van der Waals surface area (Å²) in [7, 11) is -9.92. The predicted octanol–water partition coefficient (Wildman–Crippen LogP) is 24.7. The molecule has 17 nitrogen and oxygen atoms in total. The Bertz CT molecular complexity index is 1940.